The Labute approximate surface area is 112 Å². The topological polar surface area (TPSA) is 62.5 Å². The van der Waals surface area contributed by atoms with E-state index in [1.165, 1.54) is 0 Å². The Hall–Kier alpha value is -1.33. The van der Waals surface area contributed by atoms with Gasteiger partial charge in [0.1, 0.15) is 5.82 Å². The molecule has 0 spiro atoms. The van der Waals surface area contributed by atoms with Gasteiger partial charge in [0, 0.05) is 45.3 Å². The summed E-state index contributed by atoms with van der Waals surface area (Å²) in [5.74, 6) is 1.05. The van der Waals surface area contributed by atoms with Gasteiger partial charge in [-0.05, 0) is 12.1 Å². The third-order valence-electron chi connectivity index (χ3n) is 3.03. The molecule has 0 unspecified atom stereocenters. The number of aromatic nitrogens is 1. The average Bonchev–Trinajstić information content (AvgIpc) is 2.40. The molecule has 98 valence electrons. The van der Waals surface area contributed by atoms with Gasteiger partial charge in [-0.1, -0.05) is 11.6 Å². The number of nitrogens with two attached hydrogens (primary N) is 1. The summed E-state index contributed by atoms with van der Waals surface area (Å²) < 4.78 is 0. The lowest BCUT2D eigenvalue weighted by Crippen LogP contribution is -2.49. The Kier molecular flexibility index (Phi) is 4.38. The number of carbonyl (C=O) groups excluding carboxylic acids is 1. The summed E-state index contributed by atoms with van der Waals surface area (Å²) in [5.41, 5.74) is 5.39. The molecule has 0 bridgehead atoms. The Morgan fingerprint density at radius 2 is 2.06 bits per heavy atom. The molecule has 6 heteroatoms. The normalized spacial score (nSPS) is 15.9. The maximum atomic E-state index is 11.7. The van der Waals surface area contributed by atoms with Gasteiger partial charge in [-0.3, -0.25) is 4.79 Å². The summed E-state index contributed by atoms with van der Waals surface area (Å²) in [6, 6.07) is 3.73. The second-order valence-electron chi connectivity index (χ2n) is 4.24. The SMILES string of the molecule is NCCC(=O)N1CCN(c2ccc(Cl)cn2)CC1. The lowest BCUT2D eigenvalue weighted by Gasteiger charge is -2.35. The number of rotatable bonds is 3. The highest BCUT2D eigenvalue weighted by molar-refractivity contribution is 6.30. The van der Waals surface area contributed by atoms with E-state index in [0.29, 0.717) is 18.0 Å². The van der Waals surface area contributed by atoms with Crippen LogP contribution in [0.15, 0.2) is 18.3 Å². The van der Waals surface area contributed by atoms with E-state index in [4.69, 9.17) is 17.3 Å². The van der Waals surface area contributed by atoms with Crippen molar-refractivity contribution in [3.63, 3.8) is 0 Å². The van der Waals surface area contributed by atoms with Gasteiger partial charge in [-0.15, -0.1) is 0 Å². The highest BCUT2D eigenvalue weighted by Gasteiger charge is 2.20. The predicted molar refractivity (Wildman–Crippen MR) is 71.7 cm³/mol. The number of hydrogen-bond acceptors (Lipinski definition) is 4. The second-order valence-corrected chi connectivity index (χ2v) is 4.68. The zero-order valence-electron chi connectivity index (χ0n) is 10.2. The minimum absolute atomic E-state index is 0.140. The van der Waals surface area contributed by atoms with Crippen molar-refractivity contribution in [2.75, 3.05) is 37.6 Å². The highest BCUT2D eigenvalue weighted by atomic mass is 35.5. The third kappa shape index (κ3) is 3.11. The molecule has 0 aliphatic carbocycles. The number of hydrogen-bond donors (Lipinski definition) is 1. The fourth-order valence-electron chi connectivity index (χ4n) is 2.02. The number of nitrogens with zero attached hydrogens (tertiary/aromatic N) is 3. The van der Waals surface area contributed by atoms with Crippen molar-refractivity contribution in [3.05, 3.63) is 23.4 Å². The third-order valence-corrected chi connectivity index (χ3v) is 3.25. The van der Waals surface area contributed by atoms with E-state index in [1.807, 2.05) is 17.0 Å². The van der Waals surface area contributed by atoms with Crippen molar-refractivity contribution in [2.24, 2.45) is 5.73 Å². The fourth-order valence-corrected chi connectivity index (χ4v) is 2.13. The maximum Gasteiger partial charge on any atom is 0.223 e. The summed E-state index contributed by atoms with van der Waals surface area (Å²) in [5, 5.41) is 0.635. The van der Waals surface area contributed by atoms with Gasteiger partial charge in [0.25, 0.3) is 0 Å². The molecule has 2 rings (SSSR count). The molecule has 2 heterocycles. The van der Waals surface area contributed by atoms with Crippen LogP contribution in [0.3, 0.4) is 0 Å². The minimum atomic E-state index is 0.140. The van der Waals surface area contributed by atoms with E-state index in [0.717, 1.165) is 32.0 Å². The molecule has 1 aromatic rings. The van der Waals surface area contributed by atoms with Gasteiger partial charge in [-0.2, -0.15) is 0 Å². The van der Waals surface area contributed by atoms with Crippen molar-refractivity contribution < 1.29 is 4.79 Å². The lowest BCUT2D eigenvalue weighted by molar-refractivity contribution is -0.131. The zero-order chi connectivity index (χ0) is 13.0. The van der Waals surface area contributed by atoms with Crippen LogP contribution in [0.5, 0.6) is 0 Å². The first-order valence-corrected chi connectivity index (χ1v) is 6.43. The molecule has 1 saturated heterocycles. The van der Waals surface area contributed by atoms with Crippen LogP contribution in [0.1, 0.15) is 6.42 Å². The molecule has 0 radical (unpaired) electrons. The summed E-state index contributed by atoms with van der Waals surface area (Å²) in [6.45, 7) is 3.46. The van der Waals surface area contributed by atoms with Gasteiger partial charge < -0.3 is 15.5 Å². The second kappa shape index (κ2) is 6.02. The van der Waals surface area contributed by atoms with E-state index in [1.54, 1.807) is 6.20 Å². The van der Waals surface area contributed by atoms with Gasteiger partial charge in [0.05, 0.1) is 5.02 Å². The molecule has 5 nitrogen and oxygen atoms in total. The van der Waals surface area contributed by atoms with Crippen molar-refractivity contribution in [2.45, 2.75) is 6.42 Å². The largest absolute Gasteiger partial charge is 0.353 e. The molecule has 2 N–H and O–H groups in total. The molecular weight excluding hydrogens is 252 g/mol. The molecule has 0 aromatic carbocycles. The molecule has 1 fully saturated rings. The van der Waals surface area contributed by atoms with E-state index in [-0.39, 0.29) is 5.91 Å². The monoisotopic (exact) mass is 268 g/mol. The molecular formula is C12H17ClN4O. The van der Waals surface area contributed by atoms with Gasteiger partial charge in [0.15, 0.2) is 0 Å². The van der Waals surface area contributed by atoms with E-state index in [9.17, 15) is 4.79 Å². The van der Waals surface area contributed by atoms with Crippen molar-refractivity contribution in [1.29, 1.82) is 0 Å². The molecule has 1 aliphatic rings. The van der Waals surface area contributed by atoms with Crippen LogP contribution in [0.25, 0.3) is 0 Å². The molecule has 1 aliphatic heterocycles. The molecule has 0 atom stereocenters. The summed E-state index contributed by atoms with van der Waals surface area (Å²) in [6.07, 6.45) is 2.07. The number of amides is 1. The molecule has 0 saturated carbocycles. The summed E-state index contributed by atoms with van der Waals surface area (Å²) in [4.78, 5) is 20.0. The maximum absolute atomic E-state index is 11.7. The van der Waals surface area contributed by atoms with Crippen molar-refractivity contribution in [3.8, 4) is 0 Å². The van der Waals surface area contributed by atoms with Crippen LogP contribution >= 0.6 is 11.6 Å². The number of halogens is 1. The number of piperazine rings is 1. The Morgan fingerprint density at radius 3 is 2.61 bits per heavy atom. The van der Waals surface area contributed by atoms with Gasteiger partial charge in [0.2, 0.25) is 5.91 Å². The van der Waals surface area contributed by atoms with Crippen LogP contribution in [0.2, 0.25) is 5.02 Å². The lowest BCUT2D eigenvalue weighted by atomic mass is 10.2. The average molecular weight is 269 g/mol. The summed E-state index contributed by atoms with van der Waals surface area (Å²) in [7, 11) is 0. The Balaban J connectivity index is 1.90. The van der Waals surface area contributed by atoms with Crippen LogP contribution in [0.4, 0.5) is 5.82 Å². The number of pyridine rings is 1. The first-order chi connectivity index (χ1) is 8.70. The number of anilines is 1. The van der Waals surface area contributed by atoms with Crippen molar-refractivity contribution in [1.82, 2.24) is 9.88 Å². The van der Waals surface area contributed by atoms with Gasteiger partial charge in [-0.25, -0.2) is 4.98 Å². The summed E-state index contributed by atoms with van der Waals surface area (Å²) >= 11 is 5.80. The van der Waals surface area contributed by atoms with Crippen LogP contribution in [0, 0.1) is 0 Å². The standard InChI is InChI=1S/C12H17ClN4O/c13-10-1-2-11(15-9-10)16-5-7-17(8-6-16)12(18)3-4-14/h1-2,9H,3-8,14H2. The van der Waals surface area contributed by atoms with Crippen molar-refractivity contribution >= 4 is 23.3 Å². The zero-order valence-corrected chi connectivity index (χ0v) is 10.9. The predicted octanol–water partition coefficient (Wildman–Crippen LogP) is 0.732. The van der Waals surface area contributed by atoms with E-state index >= 15 is 0 Å². The minimum Gasteiger partial charge on any atom is -0.353 e. The first kappa shape index (κ1) is 13.1. The quantitative estimate of drug-likeness (QED) is 0.878. The van der Waals surface area contributed by atoms with Crippen LogP contribution < -0.4 is 10.6 Å². The smallest absolute Gasteiger partial charge is 0.223 e. The Morgan fingerprint density at radius 1 is 1.33 bits per heavy atom. The Bertz CT molecular complexity index is 401. The van der Waals surface area contributed by atoms with Crippen LogP contribution in [-0.4, -0.2) is 48.5 Å². The highest BCUT2D eigenvalue weighted by Crippen LogP contribution is 2.16. The molecule has 1 amide bonds. The van der Waals surface area contributed by atoms with E-state index < -0.39 is 0 Å². The fraction of sp³-hybridized carbons (Fsp3) is 0.500. The van der Waals surface area contributed by atoms with E-state index in [2.05, 4.69) is 9.88 Å². The molecule has 1 aromatic heterocycles. The first-order valence-electron chi connectivity index (χ1n) is 6.05. The van der Waals surface area contributed by atoms with Gasteiger partial charge >= 0.3 is 0 Å². The number of carbonyl (C=O) groups is 1. The van der Waals surface area contributed by atoms with Crippen LogP contribution in [-0.2, 0) is 4.79 Å². The molecule has 18 heavy (non-hydrogen) atoms.